The van der Waals surface area contributed by atoms with Gasteiger partial charge in [0.2, 0.25) is 0 Å². The minimum atomic E-state index is -1.07. The Morgan fingerprint density at radius 3 is 2.92 bits per heavy atom. The average Bonchev–Trinajstić information content (AvgIpc) is 2.08. The highest BCUT2D eigenvalue weighted by Gasteiger charge is 2.19. The first-order valence-corrected chi connectivity index (χ1v) is 3.87. The van der Waals surface area contributed by atoms with E-state index < -0.39 is 17.4 Å². The molecule has 1 aromatic heterocycles. The van der Waals surface area contributed by atoms with Crippen molar-refractivity contribution in [3.05, 3.63) is 27.4 Å². The van der Waals surface area contributed by atoms with E-state index in [1.807, 2.05) is 0 Å². The van der Waals surface area contributed by atoms with Crippen LogP contribution in [0.15, 0.2) is 11.1 Å². The Morgan fingerprint density at radius 2 is 2.38 bits per heavy atom. The average molecular weight is 203 g/mol. The number of rotatable bonds is 2. The normalized spacial score (nSPS) is 12.5. The van der Waals surface area contributed by atoms with Crippen LogP contribution in [0.1, 0.15) is 18.5 Å². The smallest absolute Gasteiger partial charge is 0.312 e. The van der Waals surface area contributed by atoms with Gasteiger partial charge in [-0.25, -0.2) is 4.98 Å². The molecular formula is C7H7ClN2O3. The molecule has 1 aromatic rings. The number of aliphatic carboxylic acids is 1. The molecule has 0 aromatic carbocycles. The molecule has 0 bridgehead atoms. The first-order chi connectivity index (χ1) is 6.04. The SMILES string of the molecule is CC(C(=O)O)c1nc[nH]c(=O)c1Cl. The Labute approximate surface area is 78.4 Å². The van der Waals surface area contributed by atoms with Gasteiger partial charge in [-0.1, -0.05) is 11.6 Å². The van der Waals surface area contributed by atoms with Crippen LogP contribution in [0, 0.1) is 0 Å². The summed E-state index contributed by atoms with van der Waals surface area (Å²) in [6.45, 7) is 1.41. The van der Waals surface area contributed by atoms with Crippen LogP contribution in [-0.4, -0.2) is 21.0 Å². The second-order valence-corrected chi connectivity index (χ2v) is 2.87. The molecule has 13 heavy (non-hydrogen) atoms. The number of aromatic amines is 1. The van der Waals surface area contributed by atoms with Gasteiger partial charge in [0.25, 0.3) is 5.56 Å². The minimum absolute atomic E-state index is 0.0814. The molecule has 70 valence electrons. The molecule has 0 radical (unpaired) electrons. The molecule has 1 unspecified atom stereocenters. The predicted octanol–water partition coefficient (Wildman–Crippen LogP) is 0.611. The van der Waals surface area contributed by atoms with Crippen LogP contribution in [0.5, 0.6) is 0 Å². The summed E-state index contributed by atoms with van der Waals surface area (Å²) in [4.78, 5) is 27.4. The van der Waals surface area contributed by atoms with Gasteiger partial charge in [-0.15, -0.1) is 0 Å². The largest absolute Gasteiger partial charge is 0.481 e. The van der Waals surface area contributed by atoms with Crippen LogP contribution in [0.3, 0.4) is 0 Å². The summed E-state index contributed by atoms with van der Waals surface area (Å²) in [7, 11) is 0. The molecule has 1 rings (SSSR count). The van der Waals surface area contributed by atoms with Crippen LogP contribution in [0.2, 0.25) is 5.02 Å². The summed E-state index contributed by atoms with van der Waals surface area (Å²) in [5, 5.41) is 8.47. The summed E-state index contributed by atoms with van der Waals surface area (Å²) in [5.74, 6) is -1.95. The van der Waals surface area contributed by atoms with Crippen molar-refractivity contribution in [2.24, 2.45) is 0 Å². The second kappa shape index (κ2) is 3.57. The lowest BCUT2D eigenvalue weighted by Gasteiger charge is -2.05. The fraction of sp³-hybridized carbons (Fsp3) is 0.286. The summed E-state index contributed by atoms with van der Waals surface area (Å²) in [6.07, 6.45) is 1.13. The van der Waals surface area contributed by atoms with Gasteiger partial charge in [0.1, 0.15) is 5.02 Å². The molecular weight excluding hydrogens is 196 g/mol. The molecule has 0 aliphatic rings. The van der Waals surface area contributed by atoms with Crippen molar-refractivity contribution in [3.63, 3.8) is 0 Å². The molecule has 6 heteroatoms. The van der Waals surface area contributed by atoms with E-state index in [9.17, 15) is 9.59 Å². The predicted molar refractivity (Wildman–Crippen MR) is 45.9 cm³/mol. The van der Waals surface area contributed by atoms with Crippen molar-refractivity contribution >= 4 is 17.6 Å². The zero-order chi connectivity index (χ0) is 10.0. The zero-order valence-electron chi connectivity index (χ0n) is 6.74. The maximum Gasteiger partial charge on any atom is 0.312 e. The Hall–Kier alpha value is -1.36. The number of carboxylic acids is 1. The third-order valence-electron chi connectivity index (χ3n) is 1.60. The van der Waals surface area contributed by atoms with Gasteiger partial charge >= 0.3 is 5.97 Å². The lowest BCUT2D eigenvalue weighted by Crippen LogP contribution is -2.16. The first-order valence-electron chi connectivity index (χ1n) is 3.50. The molecule has 0 fully saturated rings. The van der Waals surface area contributed by atoms with Crippen molar-refractivity contribution in [1.29, 1.82) is 0 Å². The first kappa shape index (κ1) is 9.73. The van der Waals surface area contributed by atoms with E-state index in [4.69, 9.17) is 16.7 Å². The van der Waals surface area contributed by atoms with Crippen molar-refractivity contribution in [2.75, 3.05) is 0 Å². The highest BCUT2D eigenvalue weighted by Crippen LogP contribution is 2.17. The van der Waals surface area contributed by atoms with E-state index in [-0.39, 0.29) is 10.7 Å². The number of hydrogen-bond acceptors (Lipinski definition) is 3. The van der Waals surface area contributed by atoms with E-state index in [1.54, 1.807) is 0 Å². The van der Waals surface area contributed by atoms with Crippen molar-refractivity contribution < 1.29 is 9.90 Å². The van der Waals surface area contributed by atoms with Crippen LogP contribution in [-0.2, 0) is 4.79 Å². The number of carboxylic acid groups (broad SMARTS) is 1. The number of carbonyl (C=O) groups is 1. The van der Waals surface area contributed by atoms with Crippen molar-refractivity contribution in [2.45, 2.75) is 12.8 Å². The third-order valence-corrected chi connectivity index (χ3v) is 1.97. The minimum Gasteiger partial charge on any atom is -0.481 e. The molecule has 1 heterocycles. The van der Waals surface area contributed by atoms with Gasteiger partial charge in [-0.05, 0) is 6.92 Å². The van der Waals surface area contributed by atoms with E-state index in [0.29, 0.717) is 0 Å². The monoisotopic (exact) mass is 202 g/mol. The molecule has 2 N–H and O–H groups in total. The number of hydrogen-bond donors (Lipinski definition) is 2. The van der Waals surface area contributed by atoms with Crippen molar-refractivity contribution in [1.82, 2.24) is 9.97 Å². The highest BCUT2D eigenvalue weighted by atomic mass is 35.5. The van der Waals surface area contributed by atoms with Gasteiger partial charge in [-0.2, -0.15) is 0 Å². The van der Waals surface area contributed by atoms with E-state index in [2.05, 4.69) is 9.97 Å². The van der Waals surface area contributed by atoms with Crippen LogP contribution in [0.4, 0.5) is 0 Å². The topological polar surface area (TPSA) is 83.0 Å². The molecule has 1 atom stereocenters. The lowest BCUT2D eigenvalue weighted by atomic mass is 10.1. The van der Waals surface area contributed by atoms with E-state index >= 15 is 0 Å². The quantitative estimate of drug-likeness (QED) is 0.736. The van der Waals surface area contributed by atoms with E-state index in [0.717, 1.165) is 6.33 Å². The Kier molecular flexibility index (Phi) is 2.67. The number of aromatic nitrogens is 2. The van der Waals surface area contributed by atoms with Gasteiger partial charge in [-0.3, -0.25) is 9.59 Å². The number of H-pyrrole nitrogens is 1. The van der Waals surface area contributed by atoms with Gasteiger partial charge < -0.3 is 10.1 Å². The molecule has 0 aliphatic carbocycles. The van der Waals surface area contributed by atoms with Gasteiger partial charge in [0, 0.05) is 0 Å². The fourth-order valence-corrected chi connectivity index (χ4v) is 1.08. The number of nitrogens with one attached hydrogen (secondary N) is 1. The van der Waals surface area contributed by atoms with E-state index in [1.165, 1.54) is 6.92 Å². The number of nitrogens with zero attached hydrogens (tertiary/aromatic N) is 1. The maximum atomic E-state index is 10.9. The molecule has 0 saturated carbocycles. The standard InChI is InChI=1S/C7H7ClN2O3/c1-3(7(12)13)5-4(8)6(11)10-2-9-5/h2-3H,1H3,(H,12,13)(H,9,10,11). The Morgan fingerprint density at radius 1 is 1.77 bits per heavy atom. The van der Waals surface area contributed by atoms with Crippen LogP contribution in [0.25, 0.3) is 0 Å². The fourth-order valence-electron chi connectivity index (χ4n) is 0.816. The summed E-state index contributed by atoms with van der Waals surface area (Å²) >= 11 is 5.56. The zero-order valence-corrected chi connectivity index (χ0v) is 7.50. The molecule has 0 saturated heterocycles. The maximum absolute atomic E-state index is 10.9. The number of halogens is 1. The Balaban J connectivity index is 3.23. The van der Waals surface area contributed by atoms with Gasteiger partial charge in [0.05, 0.1) is 17.9 Å². The highest BCUT2D eigenvalue weighted by molar-refractivity contribution is 6.31. The molecule has 0 aliphatic heterocycles. The third kappa shape index (κ3) is 1.86. The lowest BCUT2D eigenvalue weighted by molar-refractivity contribution is -0.138. The van der Waals surface area contributed by atoms with Crippen LogP contribution < -0.4 is 5.56 Å². The van der Waals surface area contributed by atoms with Crippen LogP contribution >= 0.6 is 11.6 Å². The summed E-state index contributed by atoms with van der Waals surface area (Å²) in [5.41, 5.74) is -0.447. The molecule has 0 amide bonds. The molecule has 0 spiro atoms. The van der Waals surface area contributed by atoms with Crippen molar-refractivity contribution in [3.8, 4) is 0 Å². The molecule has 5 nitrogen and oxygen atoms in total. The summed E-state index contributed by atoms with van der Waals surface area (Å²) < 4.78 is 0. The second-order valence-electron chi connectivity index (χ2n) is 2.49. The Bertz CT molecular complexity index is 388. The van der Waals surface area contributed by atoms with Gasteiger partial charge in [0.15, 0.2) is 0 Å². The summed E-state index contributed by atoms with van der Waals surface area (Å²) in [6, 6.07) is 0.